The molecule has 0 fully saturated rings. The molecule has 1 rings (SSSR count). The van der Waals surface area contributed by atoms with Gasteiger partial charge in [-0.25, -0.2) is 0 Å². The second-order valence-electron chi connectivity index (χ2n) is 4.38. The summed E-state index contributed by atoms with van der Waals surface area (Å²) in [5.74, 6) is 1.12. The Bertz CT molecular complexity index is 434. The van der Waals surface area contributed by atoms with E-state index >= 15 is 0 Å². The number of rotatable bonds is 8. The lowest BCUT2D eigenvalue weighted by Crippen LogP contribution is -2.36. The Morgan fingerprint density at radius 2 is 2.10 bits per heavy atom. The number of aryl methyl sites for hydroxylation is 1. The van der Waals surface area contributed by atoms with E-state index in [0.717, 1.165) is 5.56 Å². The molecule has 5 nitrogen and oxygen atoms in total. The molecule has 1 atom stereocenters. The van der Waals surface area contributed by atoms with E-state index in [1.807, 2.05) is 25.1 Å². The van der Waals surface area contributed by atoms with Crippen LogP contribution in [0.1, 0.15) is 18.9 Å². The molecular weight excluding hydrogens is 258 g/mol. The minimum Gasteiger partial charge on any atom is -0.493 e. The quantitative estimate of drug-likeness (QED) is 0.738. The van der Waals surface area contributed by atoms with Crippen LogP contribution in [0.15, 0.2) is 18.2 Å². The van der Waals surface area contributed by atoms with E-state index in [-0.39, 0.29) is 12.0 Å². The van der Waals surface area contributed by atoms with Crippen molar-refractivity contribution in [2.24, 2.45) is 0 Å². The molecule has 5 heteroatoms. The van der Waals surface area contributed by atoms with Crippen molar-refractivity contribution in [2.45, 2.75) is 26.3 Å². The van der Waals surface area contributed by atoms with E-state index < -0.39 is 0 Å². The predicted molar refractivity (Wildman–Crippen MR) is 77.3 cm³/mol. The standard InChI is InChI=1S/C15H23NO4/c1-5-19-15(17)12(16-3)8-9-20-13-7-6-11(2)10-14(13)18-4/h6-7,10,12,16H,5,8-9H2,1-4H3. The van der Waals surface area contributed by atoms with Crippen molar-refractivity contribution < 1.29 is 19.0 Å². The molecule has 0 saturated carbocycles. The largest absolute Gasteiger partial charge is 0.493 e. The first-order valence-corrected chi connectivity index (χ1v) is 6.73. The fourth-order valence-corrected chi connectivity index (χ4v) is 1.80. The Morgan fingerprint density at radius 3 is 2.70 bits per heavy atom. The summed E-state index contributed by atoms with van der Waals surface area (Å²) < 4.78 is 15.9. The Hall–Kier alpha value is -1.75. The van der Waals surface area contributed by atoms with Crippen LogP contribution in [-0.2, 0) is 9.53 Å². The average Bonchev–Trinajstić information content (AvgIpc) is 2.45. The number of hydrogen-bond acceptors (Lipinski definition) is 5. The molecule has 0 aliphatic heterocycles. The van der Waals surface area contributed by atoms with Gasteiger partial charge in [-0.2, -0.15) is 0 Å². The molecule has 1 unspecified atom stereocenters. The maximum absolute atomic E-state index is 11.6. The number of nitrogens with one attached hydrogen (secondary N) is 1. The molecule has 0 spiro atoms. The minimum atomic E-state index is -0.355. The summed E-state index contributed by atoms with van der Waals surface area (Å²) in [5.41, 5.74) is 1.11. The SMILES string of the molecule is CCOC(=O)C(CCOc1ccc(C)cc1OC)NC. The van der Waals surface area contributed by atoms with E-state index in [9.17, 15) is 4.79 Å². The van der Waals surface area contributed by atoms with Crippen molar-refractivity contribution >= 4 is 5.97 Å². The second-order valence-corrected chi connectivity index (χ2v) is 4.38. The first-order valence-electron chi connectivity index (χ1n) is 6.73. The molecule has 0 amide bonds. The normalized spacial score (nSPS) is 11.8. The Balaban J connectivity index is 2.52. The molecule has 0 bridgehead atoms. The van der Waals surface area contributed by atoms with E-state index in [4.69, 9.17) is 14.2 Å². The molecule has 20 heavy (non-hydrogen) atoms. The highest BCUT2D eigenvalue weighted by Crippen LogP contribution is 2.27. The number of carbonyl (C=O) groups excluding carboxylic acids is 1. The van der Waals surface area contributed by atoms with Crippen LogP contribution < -0.4 is 14.8 Å². The molecule has 0 aliphatic rings. The van der Waals surface area contributed by atoms with Gasteiger partial charge in [0.1, 0.15) is 6.04 Å². The maximum atomic E-state index is 11.6. The summed E-state index contributed by atoms with van der Waals surface area (Å²) in [4.78, 5) is 11.6. The van der Waals surface area contributed by atoms with E-state index in [1.54, 1.807) is 21.1 Å². The van der Waals surface area contributed by atoms with Crippen molar-refractivity contribution in [1.82, 2.24) is 5.32 Å². The van der Waals surface area contributed by atoms with E-state index in [1.165, 1.54) is 0 Å². The molecule has 112 valence electrons. The maximum Gasteiger partial charge on any atom is 0.323 e. The summed E-state index contributed by atoms with van der Waals surface area (Å²) in [7, 11) is 3.34. The lowest BCUT2D eigenvalue weighted by Gasteiger charge is -2.16. The molecule has 0 saturated heterocycles. The van der Waals surface area contributed by atoms with Crippen LogP contribution in [0.5, 0.6) is 11.5 Å². The Labute approximate surface area is 120 Å². The van der Waals surface area contributed by atoms with Crippen LogP contribution in [0.2, 0.25) is 0 Å². The van der Waals surface area contributed by atoms with Crippen molar-refractivity contribution in [3.8, 4) is 11.5 Å². The van der Waals surface area contributed by atoms with Crippen LogP contribution in [0.4, 0.5) is 0 Å². The number of methoxy groups -OCH3 is 1. The van der Waals surface area contributed by atoms with Gasteiger partial charge < -0.3 is 19.5 Å². The van der Waals surface area contributed by atoms with Gasteiger partial charge in [-0.15, -0.1) is 0 Å². The summed E-state index contributed by atoms with van der Waals surface area (Å²) in [6, 6.07) is 5.38. The van der Waals surface area contributed by atoms with Crippen molar-refractivity contribution in [2.75, 3.05) is 27.4 Å². The van der Waals surface area contributed by atoms with Crippen molar-refractivity contribution in [1.29, 1.82) is 0 Å². The third-order valence-electron chi connectivity index (χ3n) is 2.90. The topological polar surface area (TPSA) is 56.8 Å². The van der Waals surface area contributed by atoms with Crippen LogP contribution in [-0.4, -0.2) is 39.4 Å². The number of benzene rings is 1. The van der Waals surface area contributed by atoms with Gasteiger partial charge in [0.2, 0.25) is 0 Å². The van der Waals surface area contributed by atoms with Crippen molar-refractivity contribution in [3.05, 3.63) is 23.8 Å². The Morgan fingerprint density at radius 1 is 1.35 bits per heavy atom. The first-order chi connectivity index (χ1) is 9.62. The summed E-state index contributed by atoms with van der Waals surface area (Å²) in [5, 5.41) is 2.92. The van der Waals surface area contributed by atoms with Gasteiger partial charge in [-0.05, 0) is 38.6 Å². The fraction of sp³-hybridized carbons (Fsp3) is 0.533. The molecule has 0 radical (unpaired) electrons. The summed E-state index contributed by atoms with van der Waals surface area (Å²) in [6.07, 6.45) is 0.534. The molecule has 0 heterocycles. The third kappa shape index (κ3) is 4.74. The lowest BCUT2D eigenvalue weighted by molar-refractivity contribution is -0.145. The summed E-state index contributed by atoms with van der Waals surface area (Å²) in [6.45, 7) is 4.57. The number of hydrogen-bond donors (Lipinski definition) is 1. The van der Waals surface area contributed by atoms with Gasteiger partial charge in [0.25, 0.3) is 0 Å². The highest BCUT2D eigenvalue weighted by Gasteiger charge is 2.17. The minimum absolute atomic E-state index is 0.255. The predicted octanol–water partition coefficient (Wildman–Crippen LogP) is 1.92. The zero-order chi connectivity index (χ0) is 15.0. The highest BCUT2D eigenvalue weighted by molar-refractivity contribution is 5.75. The van der Waals surface area contributed by atoms with E-state index in [2.05, 4.69) is 5.32 Å². The Kier molecular flexibility index (Phi) is 6.87. The molecule has 1 aromatic rings. The number of ether oxygens (including phenoxy) is 3. The molecule has 0 aliphatic carbocycles. The van der Waals surface area contributed by atoms with Crippen LogP contribution in [0.25, 0.3) is 0 Å². The molecule has 1 aromatic carbocycles. The lowest BCUT2D eigenvalue weighted by atomic mass is 10.2. The zero-order valence-corrected chi connectivity index (χ0v) is 12.6. The second kappa shape index (κ2) is 8.43. The number of carbonyl (C=O) groups is 1. The monoisotopic (exact) mass is 281 g/mol. The van der Waals surface area contributed by atoms with Gasteiger partial charge in [-0.1, -0.05) is 6.07 Å². The smallest absolute Gasteiger partial charge is 0.323 e. The molecule has 0 aromatic heterocycles. The van der Waals surface area contributed by atoms with Crippen LogP contribution in [0.3, 0.4) is 0 Å². The van der Waals surface area contributed by atoms with Gasteiger partial charge in [-0.3, -0.25) is 4.79 Å². The molecule has 1 N–H and O–H groups in total. The first kappa shape index (κ1) is 16.3. The van der Waals surface area contributed by atoms with Crippen LogP contribution in [0, 0.1) is 6.92 Å². The van der Waals surface area contributed by atoms with Gasteiger partial charge >= 0.3 is 5.97 Å². The van der Waals surface area contributed by atoms with Crippen molar-refractivity contribution in [3.63, 3.8) is 0 Å². The summed E-state index contributed by atoms with van der Waals surface area (Å²) >= 11 is 0. The molecular formula is C15H23NO4. The number of likely N-dealkylation sites (N-methyl/N-ethyl adjacent to an activating group) is 1. The highest BCUT2D eigenvalue weighted by atomic mass is 16.5. The third-order valence-corrected chi connectivity index (χ3v) is 2.90. The van der Waals surface area contributed by atoms with Crippen LogP contribution >= 0.6 is 0 Å². The van der Waals surface area contributed by atoms with Gasteiger partial charge in [0, 0.05) is 6.42 Å². The average molecular weight is 281 g/mol. The fourth-order valence-electron chi connectivity index (χ4n) is 1.80. The zero-order valence-electron chi connectivity index (χ0n) is 12.6. The number of esters is 1. The van der Waals surface area contributed by atoms with E-state index in [0.29, 0.717) is 31.1 Å². The van der Waals surface area contributed by atoms with Gasteiger partial charge in [0.05, 0.1) is 20.3 Å². The van der Waals surface area contributed by atoms with Gasteiger partial charge in [0.15, 0.2) is 11.5 Å².